The molecule has 2 nitrogen and oxygen atoms in total. The molecule has 0 saturated carbocycles. The van der Waals surface area contributed by atoms with Crippen LogP contribution in [-0.2, 0) is 4.74 Å². The zero-order chi connectivity index (χ0) is 13.3. The maximum atomic E-state index is 12.8. The van der Waals surface area contributed by atoms with Crippen LogP contribution in [0.2, 0.25) is 0 Å². The molecule has 9 heteroatoms. The lowest BCUT2D eigenvalue weighted by molar-refractivity contribution is 0.0270. The van der Waals surface area contributed by atoms with Crippen molar-refractivity contribution in [1.29, 1.82) is 5.26 Å². The van der Waals surface area contributed by atoms with Crippen molar-refractivity contribution >= 4 is 21.8 Å². The van der Waals surface area contributed by atoms with Crippen LogP contribution in [0.5, 0.6) is 0 Å². The average Bonchev–Trinajstić information content (AvgIpc) is 2.50. The quantitative estimate of drug-likeness (QED) is 0.542. The third-order valence-electron chi connectivity index (χ3n) is 3.30. The van der Waals surface area contributed by atoms with Crippen molar-refractivity contribution in [2.24, 2.45) is 5.92 Å². The van der Waals surface area contributed by atoms with Crippen LogP contribution in [0.4, 0.5) is 19.4 Å². The molecule has 0 amide bonds. The lowest BCUT2D eigenvalue weighted by Gasteiger charge is -2.50. The molecule has 5 atom stereocenters. The van der Waals surface area contributed by atoms with Gasteiger partial charge in [-0.25, -0.2) is 0 Å². The Morgan fingerprint density at radius 2 is 1.88 bits per heavy atom. The summed E-state index contributed by atoms with van der Waals surface area (Å²) >= 11 is 5.50. The fourth-order valence-corrected chi connectivity index (χ4v) is 4.94. The molecule has 0 aromatic heterocycles. The number of hydrogen-bond donors (Lipinski definition) is 0. The van der Waals surface area contributed by atoms with E-state index in [9.17, 15) is 19.4 Å². The Hall–Kier alpha value is -0.260. The largest absolute Gasteiger partial charge is 0.367 e. The molecule has 2 bridgehead atoms. The molecule has 2 rings (SSSR count). The van der Waals surface area contributed by atoms with Crippen molar-refractivity contribution in [2.75, 3.05) is 0 Å². The first kappa shape index (κ1) is 13.2. The number of ether oxygens (including phenoxy) is 1. The van der Waals surface area contributed by atoms with E-state index in [1.54, 1.807) is 6.07 Å². The van der Waals surface area contributed by atoms with Crippen molar-refractivity contribution in [3.05, 3.63) is 0 Å². The molecule has 5 unspecified atom stereocenters. The molecule has 0 aromatic rings. The lowest BCUT2D eigenvalue weighted by Crippen LogP contribution is -2.48. The van der Waals surface area contributed by atoms with Crippen LogP contribution >= 0.6 is 21.8 Å². The molecule has 2 aliphatic heterocycles. The molecule has 2 saturated heterocycles. The van der Waals surface area contributed by atoms with Gasteiger partial charge in [-0.3, -0.25) is 0 Å². The van der Waals surface area contributed by atoms with Crippen LogP contribution in [0.3, 0.4) is 0 Å². The third-order valence-corrected chi connectivity index (χ3v) is 5.75. The second-order valence-electron chi connectivity index (χ2n) is 4.73. The summed E-state index contributed by atoms with van der Waals surface area (Å²) in [6.07, 6.45) is -1.91. The maximum Gasteiger partial charge on any atom is 0.292 e. The van der Waals surface area contributed by atoms with Gasteiger partial charge in [0.1, 0.15) is 5.25 Å². The number of hydrogen-bond acceptors (Lipinski definition) is 2. The van der Waals surface area contributed by atoms with Crippen molar-refractivity contribution in [2.45, 2.75) is 35.7 Å². The number of nitriles is 1. The van der Waals surface area contributed by atoms with E-state index in [2.05, 4.69) is 0 Å². The Morgan fingerprint density at radius 3 is 2.24 bits per heavy atom. The second-order valence-corrected chi connectivity index (χ2v) is 7.80. The molecule has 0 aliphatic carbocycles. The Morgan fingerprint density at radius 1 is 1.35 bits per heavy atom. The summed E-state index contributed by atoms with van der Waals surface area (Å²) in [7, 11) is -9.77. The van der Waals surface area contributed by atoms with Gasteiger partial charge in [-0.05, 0) is 13.3 Å². The molecule has 2 fully saturated rings. The highest BCUT2D eigenvalue weighted by molar-refractivity contribution is 8.46. The Labute approximate surface area is 99.4 Å². The fourth-order valence-electron chi connectivity index (χ4n) is 2.58. The monoisotopic (exact) mass is 297 g/mol. The minimum Gasteiger partial charge on any atom is -0.367 e. The highest BCUT2D eigenvalue weighted by atomic mass is 35.5. The summed E-state index contributed by atoms with van der Waals surface area (Å²) in [6, 6.07) is 1.58. The van der Waals surface area contributed by atoms with E-state index >= 15 is 0 Å². The molecule has 2 heterocycles. The van der Waals surface area contributed by atoms with Gasteiger partial charge in [-0.15, -0.1) is 11.6 Å². The first-order valence-corrected chi connectivity index (χ1v) is 7.18. The zero-order valence-corrected chi connectivity index (χ0v) is 10.1. The van der Waals surface area contributed by atoms with Crippen LogP contribution in [0.1, 0.15) is 13.3 Å². The Bertz CT molecular complexity index is 419. The van der Waals surface area contributed by atoms with E-state index in [0.717, 1.165) is 0 Å². The summed E-state index contributed by atoms with van der Waals surface area (Å²) in [5.41, 5.74) is -1.51. The standard InChI is InChI=1S/C8H9ClF5NOS/c1-8-2-4(3-15)5(16-8)6(7(8)9)17(10,11,12,13)14/h4-7H,2H2,1H3. The van der Waals surface area contributed by atoms with Gasteiger partial charge in [0.25, 0.3) is 10.2 Å². The molecule has 0 N–H and O–H groups in total. The average molecular weight is 298 g/mol. The van der Waals surface area contributed by atoms with E-state index in [-0.39, 0.29) is 6.42 Å². The SMILES string of the molecule is CC12CC(C#N)C(O1)C(S(F)(F)(F)(F)F)C2Cl. The third kappa shape index (κ3) is 1.88. The molecule has 0 aromatic carbocycles. The number of fused-ring (bicyclic) bond motifs is 2. The lowest BCUT2D eigenvalue weighted by atomic mass is 9.82. The van der Waals surface area contributed by atoms with Crippen LogP contribution in [0.25, 0.3) is 0 Å². The van der Waals surface area contributed by atoms with Gasteiger partial charge in [-0.2, -0.15) is 5.26 Å². The molecular formula is C8H9ClF5NOS. The molecule has 17 heavy (non-hydrogen) atoms. The van der Waals surface area contributed by atoms with Crippen molar-refractivity contribution in [1.82, 2.24) is 0 Å². The van der Waals surface area contributed by atoms with Crippen molar-refractivity contribution in [3.63, 3.8) is 0 Å². The summed E-state index contributed by atoms with van der Waals surface area (Å²) in [5, 5.41) is 3.77. The normalized spacial score (nSPS) is 49.5. The smallest absolute Gasteiger partial charge is 0.292 e. The van der Waals surface area contributed by atoms with Crippen LogP contribution < -0.4 is 0 Å². The van der Waals surface area contributed by atoms with E-state index in [4.69, 9.17) is 21.6 Å². The minimum atomic E-state index is -9.77. The minimum absolute atomic E-state index is 0.0489. The zero-order valence-electron chi connectivity index (χ0n) is 8.55. The molecule has 100 valence electrons. The highest BCUT2D eigenvalue weighted by Crippen LogP contribution is 3.02. The van der Waals surface area contributed by atoms with Gasteiger partial charge >= 0.3 is 0 Å². The first-order chi connectivity index (χ1) is 7.28. The predicted octanol–water partition coefficient (Wildman–Crippen LogP) is 3.96. The van der Waals surface area contributed by atoms with E-state index in [1.807, 2.05) is 0 Å². The van der Waals surface area contributed by atoms with Gasteiger partial charge in [0, 0.05) is 0 Å². The van der Waals surface area contributed by atoms with Crippen molar-refractivity contribution < 1.29 is 24.2 Å². The second kappa shape index (κ2) is 2.68. The van der Waals surface area contributed by atoms with E-state index in [0.29, 0.717) is 0 Å². The predicted molar refractivity (Wildman–Crippen MR) is 53.6 cm³/mol. The number of nitrogens with zero attached hydrogens (tertiary/aromatic N) is 1. The van der Waals surface area contributed by atoms with Gasteiger partial charge in [-0.1, -0.05) is 19.4 Å². The van der Waals surface area contributed by atoms with E-state index in [1.165, 1.54) is 6.92 Å². The Balaban J connectivity index is 2.50. The fraction of sp³-hybridized carbons (Fsp3) is 0.875. The number of rotatable bonds is 1. The van der Waals surface area contributed by atoms with Gasteiger partial charge < -0.3 is 4.74 Å². The summed E-state index contributed by atoms with van der Waals surface area (Å²) in [5.74, 6) is -1.19. The molecule has 0 spiro atoms. The first-order valence-electron chi connectivity index (χ1n) is 4.73. The summed E-state index contributed by atoms with van der Waals surface area (Å²) < 4.78 is 69.1. The van der Waals surface area contributed by atoms with Gasteiger partial charge in [0.2, 0.25) is 0 Å². The Kier molecular flexibility index (Phi) is 2.08. The maximum absolute atomic E-state index is 12.8. The molecule has 0 radical (unpaired) electrons. The highest BCUT2D eigenvalue weighted by Gasteiger charge is 2.81. The summed E-state index contributed by atoms with van der Waals surface area (Å²) in [6.45, 7) is 1.23. The van der Waals surface area contributed by atoms with E-state index < -0.39 is 38.5 Å². The molecular weight excluding hydrogens is 289 g/mol. The van der Waals surface area contributed by atoms with Gasteiger partial charge in [0.05, 0.1) is 29.1 Å². The van der Waals surface area contributed by atoms with Crippen LogP contribution in [0, 0.1) is 17.2 Å². The molecule has 2 aliphatic rings. The van der Waals surface area contributed by atoms with Crippen molar-refractivity contribution in [3.8, 4) is 6.07 Å². The number of halogens is 6. The number of alkyl halides is 1. The summed E-state index contributed by atoms with van der Waals surface area (Å²) in [4.78, 5) is 0. The van der Waals surface area contributed by atoms with Crippen LogP contribution in [-0.4, -0.2) is 22.3 Å². The topological polar surface area (TPSA) is 33.0 Å². The van der Waals surface area contributed by atoms with Crippen LogP contribution in [0.15, 0.2) is 0 Å². The van der Waals surface area contributed by atoms with Gasteiger partial charge in [0.15, 0.2) is 0 Å².